The topological polar surface area (TPSA) is 37.0 Å². The summed E-state index contributed by atoms with van der Waals surface area (Å²) in [4.78, 5) is 4.38. The number of benzene rings is 1. The summed E-state index contributed by atoms with van der Waals surface area (Å²) >= 11 is 0. The summed E-state index contributed by atoms with van der Waals surface area (Å²) in [6, 6.07) is 11.0. The Labute approximate surface area is 113 Å². The maximum absolute atomic E-state index is 4.38. The molecule has 0 atom stereocenters. The fraction of sp³-hybridized carbons (Fsp3) is 0.357. The van der Waals surface area contributed by atoms with Crippen LogP contribution in [0.15, 0.2) is 36.5 Å². The van der Waals surface area contributed by atoms with Gasteiger partial charge < -0.3 is 10.6 Å². The van der Waals surface area contributed by atoms with Gasteiger partial charge in [-0.1, -0.05) is 6.07 Å². The predicted octanol–water partition coefficient (Wildman–Crippen LogP) is 2.82. The Kier molecular flexibility index (Phi) is 4.39. The van der Waals surface area contributed by atoms with Crippen LogP contribution in [0, 0.1) is 0 Å². The largest absolute Gasteiger partial charge is 0.382 e. The van der Waals surface area contributed by atoms with Crippen LogP contribution in [0.5, 0.6) is 0 Å². The summed E-state index contributed by atoms with van der Waals surface area (Å²) in [5.74, 6) is 0. The van der Waals surface area contributed by atoms with Crippen molar-refractivity contribution in [1.82, 2.24) is 10.3 Å². The first-order chi connectivity index (χ1) is 8.43. The first-order valence-electron chi connectivity index (χ1n) is 6.24. The Balaban J connectivity index is 0.00000120. The third-order valence-electron chi connectivity index (χ3n) is 3.34. The molecule has 18 heavy (non-hydrogen) atoms. The molecule has 2 N–H and O–H groups in total. The minimum absolute atomic E-state index is 0. The lowest BCUT2D eigenvalue weighted by Gasteiger charge is -2.25. The molecular formula is C14H18ClN3. The molecule has 4 heteroatoms. The van der Waals surface area contributed by atoms with Crippen LogP contribution in [-0.4, -0.2) is 24.1 Å². The van der Waals surface area contributed by atoms with E-state index in [4.69, 9.17) is 0 Å². The average Bonchev–Trinajstić information content (AvgIpc) is 2.40. The Morgan fingerprint density at radius 2 is 1.94 bits per heavy atom. The smallest absolute Gasteiger partial charge is 0.0722 e. The van der Waals surface area contributed by atoms with Crippen molar-refractivity contribution in [2.45, 2.75) is 18.9 Å². The van der Waals surface area contributed by atoms with Crippen molar-refractivity contribution in [3.63, 3.8) is 0 Å². The standard InChI is InChI=1S/C14H17N3.ClH/c1-4-13-12(3-2-8-16-13)14(5-1)17-11-6-9-15-10-7-11;/h1-5,8,11,15,17H,6-7,9-10H2;1H. The number of aromatic nitrogens is 1. The van der Waals surface area contributed by atoms with Gasteiger partial charge in [0, 0.05) is 23.3 Å². The summed E-state index contributed by atoms with van der Waals surface area (Å²) in [6.45, 7) is 2.22. The van der Waals surface area contributed by atoms with E-state index in [1.807, 2.05) is 12.3 Å². The molecule has 0 amide bonds. The zero-order chi connectivity index (χ0) is 11.5. The maximum atomic E-state index is 4.38. The molecule has 2 aromatic rings. The molecule has 2 heterocycles. The number of nitrogens with one attached hydrogen (secondary N) is 2. The normalized spacial score (nSPS) is 16.2. The lowest BCUT2D eigenvalue weighted by Crippen LogP contribution is -2.35. The van der Waals surface area contributed by atoms with Crippen molar-refractivity contribution >= 4 is 29.0 Å². The zero-order valence-electron chi connectivity index (χ0n) is 10.2. The lowest BCUT2D eigenvalue weighted by molar-refractivity contribution is 0.479. The van der Waals surface area contributed by atoms with Gasteiger partial charge in [-0.3, -0.25) is 4.98 Å². The highest BCUT2D eigenvalue weighted by molar-refractivity contribution is 5.91. The number of piperidine rings is 1. The number of hydrogen-bond acceptors (Lipinski definition) is 3. The van der Waals surface area contributed by atoms with Gasteiger partial charge in [0.25, 0.3) is 0 Å². The van der Waals surface area contributed by atoms with Gasteiger partial charge in [0.2, 0.25) is 0 Å². The predicted molar refractivity (Wildman–Crippen MR) is 78.5 cm³/mol. The number of anilines is 1. The van der Waals surface area contributed by atoms with E-state index in [0.717, 1.165) is 18.6 Å². The van der Waals surface area contributed by atoms with E-state index in [-0.39, 0.29) is 12.4 Å². The van der Waals surface area contributed by atoms with Gasteiger partial charge in [-0.25, -0.2) is 0 Å². The van der Waals surface area contributed by atoms with E-state index < -0.39 is 0 Å². The van der Waals surface area contributed by atoms with Crippen LogP contribution >= 0.6 is 12.4 Å². The number of pyridine rings is 1. The van der Waals surface area contributed by atoms with Gasteiger partial charge in [0.1, 0.15) is 0 Å². The van der Waals surface area contributed by atoms with Crippen LogP contribution in [0.3, 0.4) is 0 Å². The first kappa shape index (κ1) is 13.1. The summed E-state index contributed by atoms with van der Waals surface area (Å²) in [5, 5.41) is 8.25. The maximum Gasteiger partial charge on any atom is 0.0722 e. The molecule has 3 rings (SSSR count). The fourth-order valence-electron chi connectivity index (χ4n) is 2.42. The van der Waals surface area contributed by atoms with E-state index in [1.165, 1.54) is 23.9 Å². The van der Waals surface area contributed by atoms with Gasteiger partial charge in [0.05, 0.1) is 5.52 Å². The summed E-state index contributed by atoms with van der Waals surface area (Å²) < 4.78 is 0. The Hall–Kier alpha value is -1.32. The molecule has 0 saturated carbocycles. The van der Waals surface area contributed by atoms with Crippen LogP contribution in [0.2, 0.25) is 0 Å². The van der Waals surface area contributed by atoms with E-state index in [1.54, 1.807) is 0 Å². The quantitative estimate of drug-likeness (QED) is 0.875. The van der Waals surface area contributed by atoms with Crippen LogP contribution in [0.4, 0.5) is 5.69 Å². The first-order valence-corrected chi connectivity index (χ1v) is 6.24. The molecule has 1 aromatic heterocycles. The molecule has 1 fully saturated rings. The molecule has 1 saturated heterocycles. The summed E-state index contributed by atoms with van der Waals surface area (Å²) in [6.07, 6.45) is 4.23. The second-order valence-electron chi connectivity index (χ2n) is 4.54. The molecule has 96 valence electrons. The second-order valence-corrected chi connectivity index (χ2v) is 4.54. The molecule has 0 unspecified atom stereocenters. The minimum Gasteiger partial charge on any atom is -0.382 e. The van der Waals surface area contributed by atoms with E-state index in [9.17, 15) is 0 Å². The number of fused-ring (bicyclic) bond motifs is 1. The molecule has 0 aliphatic carbocycles. The van der Waals surface area contributed by atoms with E-state index >= 15 is 0 Å². The average molecular weight is 264 g/mol. The van der Waals surface area contributed by atoms with Crippen molar-refractivity contribution in [3.05, 3.63) is 36.5 Å². The van der Waals surface area contributed by atoms with Crippen molar-refractivity contribution in [1.29, 1.82) is 0 Å². The van der Waals surface area contributed by atoms with Gasteiger partial charge in [-0.15, -0.1) is 12.4 Å². The highest BCUT2D eigenvalue weighted by Gasteiger charge is 2.13. The SMILES string of the molecule is Cl.c1cc(NC2CCNCC2)c2cccnc2c1. The van der Waals surface area contributed by atoms with E-state index in [0.29, 0.717) is 6.04 Å². The summed E-state index contributed by atoms with van der Waals surface area (Å²) in [5.41, 5.74) is 2.27. The van der Waals surface area contributed by atoms with Gasteiger partial charge in [-0.05, 0) is 50.2 Å². The van der Waals surface area contributed by atoms with Crippen molar-refractivity contribution < 1.29 is 0 Å². The molecule has 0 radical (unpaired) electrons. The lowest BCUT2D eigenvalue weighted by atomic mass is 10.1. The molecule has 1 aliphatic rings. The second kappa shape index (κ2) is 6.03. The molecule has 0 spiro atoms. The molecule has 3 nitrogen and oxygen atoms in total. The molecule has 0 bridgehead atoms. The summed E-state index contributed by atoms with van der Waals surface area (Å²) in [7, 11) is 0. The monoisotopic (exact) mass is 263 g/mol. The Morgan fingerprint density at radius 3 is 2.78 bits per heavy atom. The van der Waals surface area contributed by atoms with Crippen molar-refractivity contribution in [2.24, 2.45) is 0 Å². The molecule has 1 aromatic carbocycles. The van der Waals surface area contributed by atoms with Crippen LogP contribution in [-0.2, 0) is 0 Å². The third-order valence-corrected chi connectivity index (χ3v) is 3.34. The van der Waals surface area contributed by atoms with Crippen LogP contribution in [0.1, 0.15) is 12.8 Å². The van der Waals surface area contributed by atoms with Gasteiger partial charge in [0.15, 0.2) is 0 Å². The van der Waals surface area contributed by atoms with Crippen LogP contribution < -0.4 is 10.6 Å². The molecule has 1 aliphatic heterocycles. The van der Waals surface area contributed by atoms with Gasteiger partial charge >= 0.3 is 0 Å². The Bertz CT molecular complexity index is 504. The zero-order valence-corrected chi connectivity index (χ0v) is 11.0. The highest BCUT2D eigenvalue weighted by atomic mass is 35.5. The van der Waals surface area contributed by atoms with E-state index in [2.05, 4.69) is 39.9 Å². The van der Waals surface area contributed by atoms with Gasteiger partial charge in [-0.2, -0.15) is 0 Å². The fourth-order valence-corrected chi connectivity index (χ4v) is 2.42. The van der Waals surface area contributed by atoms with Crippen LogP contribution in [0.25, 0.3) is 10.9 Å². The number of rotatable bonds is 2. The molecular weight excluding hydrogens is 246 g/mol. The third kappa shape index (κ3) is 2.74. The number of hydrogen-bond donors (Lipinski definition) is 2. The minimum atomic E-state index is 0. The van der Waals surface area contributed by atoms with Crippen molar-refractivity contribution in [3.8, 4) is 0 Å². The number of halogens is 1. The number of nitrogens with zero attached hydrogens (tertiary/aromatic N) is 1. The van der Waals surface area contributed by atoms with Crippen molar-refractivity contribution in [2.75, 3.05) is 18.4 Å². The Morgan fingerprint density at radius 1 is 1.11 bits per heavy atom. The highest BCUT2D eigenvalue weighted by Crippen LogP contribution is 2.23.